The summed E-state index contributed by atoms with van der Waals surface area (Å²) in [6.45, 7) is 2.54. The Kier molecular flexibility index (Phi) is 4.67. The number of hydrogen-bond acceptors (Lipinski definition) is 4. The van der Waals surface area contributed by atoms with Gasteiger partial charge in [-0.2, -0.15) is 13.2 Å². The van der Waals surface area contributed by atoms with Gasteiger partial charge in [0.1, 0.15) is 17.6 Å². The molecular weight excluding hydrogens is 297 g/mol. The average Bonchev–Trinajstić information content (AvgIpc) is 2.71. The van der Waals surface area contributed by atoms with Crippen LogP contribution in [0.3, 0.4) is 0 Å². The van der Waals surface area contributed by atoms with Gasteiger partial charge in [0.05, 0.1) is 6.54 Å². The van der Waals surface area contributed by atoms with Crippen LogP contribution in [0.2, 0.25) is 0 Å². The van der Waals surface area contributed by atoms with E-state index < -0.39 is 12.1 Å². The Morgan fingerprint density at radius 3 is 2.82 bits per heavy atom. The molecule has 0 spiro atoms. The van der Waals surface area contributed by atoms with Crippen LogP contribution in [0, 0.1) is 0 Å². The Morgan fingerprint density at radius 2 is 2.00 bits per heavy atom. The van der Waals surface area contributed by atoms with Crippen molar-refractivity contribution in [2.24, 2.45) is 0 Å². The highest BCUT2D eigenvalue weighted by molar-refractivity contribution is 5.07. The minimum atomic E-state index is -4.24. The topological polar surface area (TPSA) is 52.0 Å². The zero-order chi connectivity index (χ0) is 15.6. The van der Waals surface area contributed by atoms with Gasteiger partial charge in [-0.3, -0.25) is 0 Å². The molecule has 0 aromatic carbocycles. The summed E-state index contributed by atoms with van der Waals surface area (Å²) in [7, 11) is 0. The van der Waals surface area contributed by atoms with Gasteiger partial charge in [0.2, 0.25) is 0 Å². The molecule has 1 N–H and O–H groups in total. The fourth-order valence-corrected chi connectivity index (χ4v) is 3.22. The van der Waals surface area contributed by atoms with Crippen molar-refractivity contribution in [3.05, 3.63) is 11.6 Å². The molecule has 8 heteroatoms. The highest BCUT2D eigenvalue weighted by atomic mass is 19.4. The maximum atomic E-state index is 13.0. The minimum Gasteiger partial charge on any atom is -0.381 e. The molecule has 1 fully saturated rings. The molecule has 5 nitrogen and oxygen atoms in total. The summed E-state index contributed by atoms with van der Waals surface area (Å²) in [6, 6.07) is 0.331. The van der Waals surface area contributed by atoms with Crippen LogP contribution in [-0.4, -0.2) is 40.2 Å². The number of alkyl halides is 3. The van der Waals surface area contributed by atoms with Gasteiger partial charge in [0.15, 0.2) is 0 Å². The number of nitrogens with one attached hydrogen (secondary N) is 1. The Bertz CT molecular complexity index is 495. The molecule has 1 aromatic rings. The fourth-order valence-electron chi connectivity index (χ4n) is 3.22. The van der Waals surface area contributed by atoms with Crippen molar-refractivity contribution >= 4 is 0 Å². The maximum absolute atomic E-state index is 13.0. The van der Waals surface area contributed by atoms with Gasteiger partial charge in [-0.25, -0.2) is 0 Å². The van der Waals surface area contributed by atoms with E-state index in [1.165, 1.54) is 0 Å². The highest BCUT2D eigenvalue weighted by Crippen LogP contribution is 2.40. The van der Waals surface area contributed by atoms with E-state index in [0.29, 0.717) is 31.4 Å². The predicted molar refractivity (Wildman–Crippen MR) is 73.3 cm³/mol. The van der Waals surface area contributed by atoms with Crippen LogP contribution in [0.5, 0.6) is 0 Å². The molecular formula is C14H21F3N4O. The Morgan fingerprint density at radius 1 is 1.14 bits per heavy atom. The van der Waals surface area contributed by atoms with E-state index in [0.717, 1.165) is 32.5 Å². The molecule has 2 unspecified atom stereocenters. The number of rotatable bonds is 3. The third kappa shape index (κ3) is 3.43. The van der Waals surface area contributed by atoms with Gasteiger partial charge in [0, 0.05) is 25.8 Å². The Hall–Kier alpha value is -1.15. The predicted octanol–water partition coefficient (Wildman–Crippen LogP) is 2.38. The lowest BCUT2D eigenvalue weighted by Gasteiger charge is -2.25. The van der Waals surface area contributed by atoms with Crippen molar-refractivity contribution in [2.75, 3.05) is 13.2 Å². The molecule has 0 bridgehead atoms. The summed E-state index contributed by atoms with van der Waals surface area (Å²) < 4.78 is 46.2. The second-order valence-corrected chi connectivity index (χ2v) is 5.98. The third-order valence-electron chi connectivity index (χ3n) is 4.44. The summed E-state index contributed by atoms with van der Waals surface area (Å²) in [5.41, 5.74) is 0. The number of fused-ring (bicyclic) bond motifs is 1. The first-order chi connectivity index (χ1) is 10.6. The minimum absolute atomic E-state index is 0.0692. The largest absolute Gasteiger partial charge is 0.398 e. The van der Waals surface area contributed by atoms with Crippen molar-refractivity contribution in [1.29, 1.82) is 0 Å². The number of ether oxygens (including phenoxy) is 1. The number of nitrogens with zero attached hydrogens (tertiary/aromatic N) is 3. The zero-order valence-electron chi connectivity index (χ0n) is 12.4. The monoisotopic (exact) mass is 318 g/mol. The molecule has 2 atom stereocenters. The van der Waals surface area contributed by atoms with Gasteiger partial charge < -0.3 is 14.6 Å². The van der Waals surface area contributed by atoms with Crippen molar-refractivity contribution in [3.8, 4) is 0 Å². The molecule has 0 amide bonds. The second kappa shape index (κ2) is 6.54. The molecule has 0 radical (unpaired) electrons. The van der Waals surface area contributed by atoms with Gasteiger partial charge in [-0.05, 0) is 32.1 Å². The van der Waals surface area contributed by atoms with E-state index in [9.17, 15) is 13.2 Å². The lowest BCUT2D eigenvalue weighted by Crippen LogP contribution is -2.32. The Balaban J connectivity index is 1.67. The van der Waals surface area contributed by atoms with Crippen LogP contribution < -0.4 is 5.32 Å². The first-order valence-corrected chi connectivity index (χ1v) is 7.85. The third-order valence-corrected chi connectivity index (χ3v) is 4.44. The molecule has 2 aliphatic rings. The lowest BCUT2D eigenvalue weighted by atomic mass is 9.98. The molecule has 1 aromatic heterocycles. The first kappa shape index (κ1) is 15.7. The molecule has 22 heavy (non-hydrogen) atoms. The molecule has 0 aliphatic carbocycles. The summed E-state index contributed by atoms with van der Waals surface area (Å²) in [5, 5.41) is 11.2. The van der Waals surface area contributed by atoms with Crippen LogP contribution in [0.1, 0.15) is 49.7 Å². The van der Waals surface area contributed by atoms with Crippen LogP contribution in [0.25, 0.3) is 0 Å². The molecule has 2 aliphatic heterocycles. The first-order valence-electron chi connectivity index (χ1n) is 7.85. The van der Waals surface area contributed by atoms with E-state index >= 15 is 0 Å². The smallest absolute Gasteiger partial charge is 0.381 e. The van der Waals surface area contributed by atoms with Crippen molar-refractivity contribution in [3.63, 3.8) is 0 Å². The summed E-state index contributed by atoms with van der Waals surface area (Å²) in [5.74, 6) is -0.803. The molecule has 3 rings (SSSR count). The van der Waals surface area contributed by atoms with Crippen molar-refractivity contribution in [1.82, 2.24) is 20.1 Å². The second-order valence-electron chi connectivity index (χ2n) is 5.98. The number of halogens is 3. The van der Waals surface area contributed by atoms with Crippen LogP contribution >= 0.6 is 0 Å². The molecule has 124 valence electrons. The lowest BCUT2D eigenvalue weighted by molar-refractivity contribution is -0.156. The maximum Gasteiger partial charge on any atom is 0.398 e. The van der Waals surface area contributed by atoms with Crippen LogP contribution in [0.15, 0.2) is 0 Å². The number of hydrogen-bond donors (Lipinski definition) is 1. The van der Waals surface area contributed by atoms with Gasteiger partial charge in [-0.1, -0.05) is 0 Å². The number of aromatic nitrogens is 3. The summed E-state index contributed by atoms with van der Waals surface area (Å²) in [6.07, 6.45) is -0.673. The standard InChI is InChI=1S/C14H21F3N4O/c15-14(16,17)11-4-1-6-21-12(19-20-13(11)21)9-18-10-3-2-7-22-8-5-10/h10-11,18H,1-9H2. The normalized spacial score (nSPS) is 26.5. The molecule has 0 saturated carbocycles. The van der Waals surface area contributed by atoms with Gasteiger partial charge in [0.25, 0.3) is 0 Å². The van der Waals surface area contributed by atoms with E-state index in [1.807, 2.05) is 0 Å². The van der Waals surface area contributed by atoms with Crippen LogP contribution in [-0.2, 0) is 17.8 Å². The van der Waals surface area contributed by atoms with E-state index in [1.54, 1.807) is 4.57 Å². The van der Waals surface area contributed by atoms with E-state index in [-0.39, 0.29) is 12.2 Å². The zero-order valence-corrected chi connectivity index (χ0v) is 12.4. The van der Waals surface area contributed by atoms with Gasteiger partial charge >= 0.3 is 6.18 Å². The highest BCUT2D eigenvalue weighted by Gasteiger charge is 2.45. The summed E-state index contributed by atoms with van der Waals surface area (Å²) in [4.78, 5) is 0. The summed E-state index contributed by atoms with van der Waals surface area (Å²) >= 11 is 0. The Labute approximate surface area is 127 Å². The van der Waals surface area contributed by atoms with Crippen molar-refractivity contribution < 1.29 is 17.9 Å². The molecule has 3 heterocycles. The van der Waals surface area contributed by atoms with Gasteiger partial charge in [-0.15, -0.1) is 10.2 Å². The van der Waals surface area contributed by atoms with E-state index in [4.69, 9.17) is 4.74 Å². The van der Waals surface area contributed by atoms with Crippen LogP contribution in [0.4, 0.5) is 13.2 Å². The van der Waals surface area contributed by atoms with E-state index in [2.05, 4.69) is 15.5 Å². The fraction of sp³-hybridized carbons (Fsp3) is 0.857. The quantitative estimate of drug-likeness (QED) is 0.930. The molecule has 1 saturated heterocycles. The van der Waals surface area contributed by atoms with Crippen molar-refractivity contribution in [2.45, 2.75) is 63.3 Å². The SMILES string of the molecule is FC(F)(F)C1CCCn2c(CNC3CCCOCC3)nnc21. The average molecular weight is 318 g/mol.